The Bertz CT molecular complexity index is 1450. The van der Waals surface area contributed by atoms with Gasteiger partial charge in [0.05, 0.1) is 17.1 Å². The molecule has 9 nitrogen and oxygen atoms in total. The summed E-state index contributed by atoms with van der Waals surface area (Å²) in [5, 5.41) is 13.3. The highest BCUT2D eigenvalue weighted by molar-refractivity contribution is 5.73. The first kappa shape index (κ1) is 26.6. The van der Waals surface area contributed by atoms with Gasteiger partial charge in [-0.05, 0) is 38.0 Å². The highest BCUT2D eigenvalue weighted by atomic mass is 19.4. The highest BCUT2D eigenvalue weighted by Gasteiger charge is 2.45. The van der Waals surface area contributed by atoms with Crippen LogP contribution in [0.4, 0.5) is 19.1 Å². The number of carboxylic acids is 1. The molecule has 0 spiro atoms. The Hall–Kier alpha value is -4.45. The number of anilines is 1. The zero-order chi connectivity index (χ0) is 27.6. The molecule has 4 rings (SSSR count). The number of ether oxygens (including phenoxy) is 1. The Labute approximate surface area is 215 Å². The van der Waals surface area contributed by atoms with E-state index in [1.165, 1.54) is 28.9 Å². The summed E-state index contributed by atoms with van der Waals surface area (Å²) in [5.41, 5.74) is 14.2. The molecule has 1 unspecified atom stereocenters. The second-order valence-corrected chi connectivity index (χ2v) is 8.73. The van der Waals surface area contributed by atoms with Gasteiger partial charge in [-0.3, -0.25) is 4.79 Å². The van der Waals surface area contributed by atoms with Crippen molar-refractivity contribution in [3.05, 3.63) is 83.2 Å². The first-order valence-corrected chi connectivity index (χ1v) is 11.5. The van der Waals surface area contributed by atoms with E-state index >= 15 is 0 Å². The van der Waals surface area contributed by atoms with Crippen molar-refractivity contribution in [3.63, 3.8) is 0 Å². The molecule has 2 atom stereocenters. The van der Waals surface area contributed by atoms with E-state index in [-0.39, 0.29) is 35.2 Å². The Morgan fingerprint density at radius 3 is 2.37 bits per heavy atom. The van der Waals surface area contributed by atoms with Crippen LogP contribution in [0.15, 0.2) is 60.7 Å². The zero-order valence-corrected chi connectivity index (χ0v) is 20.5. The molecule has 4 aromatic rings. The number of aromatic nitrogens is 4. The van der Waals surface area contributed by atoms with Crippen molar-refractivity contribution in [3.8, 4) is 22.8 Å². The molecule has 2 aromatic carbocycles. The number of rotatable bonds is 8. The van der Waals surface area contributed by atoms with Crippen molar-refractivity contribution in [2.45, 2.75) is 38.6 Å². The molecule has 0 aliphatic heterocycles. The van der Waals surface area contributed by atoms with Crippen molar-refractivity contribution in [2.24, 2.45) is 5.73 Å². The number of hydrogen-bond donors (Lipinski definition) is 3. The number of aryl methyl sites for hydroxylation is 2. The normalized spacial score (nSPS) is 13.2. The monoisotopic (exact) mass is 526 g/mol. The maximum atomic E-state index is 14.3. The van der Waals surface area contributed by atoms with E-state index in [0.29, 0.717) is 22.5 Å². The predicted molar refractivity (Wildman–Crippen MR) is 134 cm³/mol. The van der Waals surface area contributed by atoms with Crippen molar-refractivity contribution in [1.82, 2.24) is 19.7 Å². The lowest BCUT2D eigenvalue weighted by Gasteiger charge is -2.24. The van der Waals surface area contributed by atoms with Crippen LogP contribution in [0.5, 0.6) is 5.88 Å². The van der Waals surface area contributed by atoms with Crippen molar-refractivity contribution in [2.75, 3.05) is 5.73 Å². The molecule has 5 N–H and O–H groups in total. The minimum absolute atomic E-state index is 0.109. The standard InChI is InChI=1S/C26H25F3N6O3/c1-14-11-15(2)35(34-14)21-6-4-3-5-18(21)23(26(27,28)29)38-22-13-20(32-25(31)33-22)17-9-7-16(8-10-17)12-19(30)24(36)37/h3-11,13,19,23H,12,30H2,1-2H3,(H,36,37)(H2,31,32,33)/t19?,23-/m0/s1. The molecule has 0 aliphatic rings. The number of halogens is 3. The van der Waals surface area contributed by atoms with E-state index in [1.807, 2.05) is 0 Å². The van der Waals surface area contributed by atoms with Gasteiger partial charge in [0.1, 0.15) is 6.04 Å². The number of alkyl halides is 3. The lowest BCUT2D eigenvalue weighted by atomic mass is 10.0. The van der Waals surface area contributed by atoms with Crippen LogP contribution in [0.3, 0.4) is 0 Å². The fourth-order valence-corrected chi connectivity index (χ4v) is 4.01. The van der Waals surface area contributed by atoms with Gasteiger partial charge in [0.25, 0.3) is 0 Å². The summed E-state index contributed by atoms with van der Waals surface area (Å²) in [6.45, 7) is 3.50. The van der Waals surface area contributed by atoms with Gasteiger partial charge in [-0.25, -0.2) is 9.67 Å². The lowest BCUT2D eigenvalue weighted by molar-refractivity contribution is -0.198. The second-order valence-electron chi connectivity index (χ2n) is 8.73. The number of hydrogen-bond acceptors (Lipinski definition) is 7. The highest BCUT2D eigenvalue weighted by Crippen LogP contribution is 2.39. The molecule has 0 fully saturated rings. The quantitative estimate of drug-likeness (QED) is 0.311. The van der Waals surface area contributed by atoms with Crippen LogP contribution >= 0.6 is 0 Å². The minimum atomic E-state index is -4.80. The first-order chi connectivity index (χ1) is 17.9. The third-order valence-electron chi connectivity index (χ3n) is 5.74. The van der Waals surface area contributed by atoms with Gasteiger partial charge in [0, 0.05) is 22.9 Å². The van der Waals surface area contributed by atoms with E-state index in [1.54, 1.807) is 50.2 Å². The van der Waals surface area contributed by atoms with Gasteiger partial charge >= 0.3 is 12.1 Å². The summed E-state index contributed by atoms with van der Waals surface area (Å²) < 4.78 is 49.9. The van der Waals surface area contributed by atoms with Crippen LogP contribution in [0.2, 0.25) is 0 Å². The lowest BCUT2D eigenvalue weighted by Crippen LogP contribution is -2.32. The smallest absolute Gasteiger partial charge is 0.429 e. The van der Waals surface area contributed by atoms with Crippen LogP contribution in [0.25, 0.3) is 16.9 Å². The Morgan fingerprint density at radius 1 is 1.08 bits per heavy atom. The third kappa shape index (κ3) is 5.92. The molecular weight excluding hydrogens is 501 g/mol. The van der Waals surface area contributed by atoms with Crippen LogP contribution < -0.4 is 16.2 Å². The Kier molecular flexibility index (Phi) is 7.35. The number of aliphatic carboxylic acids is 1. The molecule has 198 valence electrons. The summed E-state index contributed by atoms with van der Waals surface area (Å²) >= 11 is 0. The van der Waals surface area contributed by atoms with E-state index in [9.17, 15) is 18.0 Å². The minimum Gasteiger partial charge on any atom is -0.480 e. The maximum Gasteiger partial charge on any atom is 0.429 e. The summed E-state index contributed by atoms with van der Waals surface area (Å²) in [4.78, 5) is 19.0. The van der Waals surface area contributed by atoms with Crippen LogP contribution in [0, 0.1) is 13.8 Å². The SMILES string of the molecule is Cc1cc(C)n(-c2ccccc2[C@H](Oc2cc(-c3ccc(CC(N)C(=O)O)cc3)nc(N)n2)C(F)(F)F)n1. The van der Waals surface area contributed by atoms with E-state index in [2.05, 4.69) is 15.1 Å². The van der Waals surface area contributed by atoms with Crippen molar-refractivity contribution in [1.29, 1.82) is 0 Å². The summed E-state index contributed by atoms with van der Waals surface area (Å²) in [6, 6.07) is 14.5. The molecule has 12 heteroatoms. The molecule has 0 amide bonds. The fourth-order valence-electron chi connectivity index (χ4n) is 4.01. The number of benzene rings is 2. The Morgan fingerprint density at radius 2 is 1.76 bits per heavy atom. The second kappa shape index (κ2) is 10.5. The van der Waals surface area contributed by atoms with Gasteiger partial charge in [0.2, 0.25) is 17.9 Å². The average Bonchev–Trinajstić information content (AvgIpc) is 3.19. The molecular formula is C26H25F3N6O3. The van der Waals surface area contributed by atoms with Crippen molar-refractivity contribution < 1.29 is 27.8 Å². The largest absolute Gasteiger partial charge is 0.480 e. The first-order valence-electron chi connectivity index (χ1n) is 11.5. The van der Waals surface area contributed by atoms with Crippen LogP contribution in [-0.4, -0.2) is 43.0 Å². The predicted octanol–water partition coefficient (Wildman–Crippen LogP) is 4.17. The number of nitrogens with zero attached hydrogens (tertiary/aromatic N) is 4. The topological polar surface area (TPSA) is 142 Å². The van der Waals surface area contributed by atoms with Gasteiger partial charge in [-0.15, -0.1) is 0 Å². The molecule has 2 aromatic heterocycles. The van der Waals surface area contributed by atoms with Gasteiger partial charge in [-0.2, -0.15) is 23.3 Å². The molecule has 0 saturated carbocycles. The molecule has 0 aliphatic carbocycles. The fraction of sp³-hybridized carbons (Fsp3) is 0.231. The molecule has 2 heterocycles. The van der Waals surface area contributed by atoms with Gasteiger partial charge in [0.15, 0.2) is 0 Å². The van der Waals surface area contributed by atoms with Gasteiger partial charge in [-0.1, -0.05) is 42.5 Å². The van der Waals surface area contributed by atoms with Gasteiger partial charge < -0.3 is 21.3 Å². The number of para-hydroxylation sites is 1. The molecule has 38 heavy (non-hydrogen) atoms. The average molecular weight is 527 g/mol. The zero-order valence-electron chi connectivity index (χ0n) is 20.5. The van der Waals surface area contributed by atoms with E-state index in [4.69, 9.17) is 21.3 Å². The number of nitrogen functional groups attached to an aromatic ring is 1. The maximum absolute atomic E-state index is 14.3. The van der Waals surface area contributed by atoms with Crippen molar-refractivity contribution >= 4 is 11.9 Å². The molecule has 0 radical (unpaired) electrons. The summed E-state index contributed by atoms with van der Waals surface area (Å²) in [7, 11) is 0. The Balaban J connectivity index is 1.68. The number of carboxylic acid groups (broad SMARTS) is 1. The molecule has 0 bridgehead atoms. The summed E-state index contributed by atoms with van der Waals surface area (Å²) in [6.07, 6.45) is -7.06. The number of carbonyl (C=O) groups is 1. The van der Waals surface area contributed by atoms with Crippen LogP contribution in [-0.2, 0) is 11.2 Å². The molecule has 0 saturated heterocycles. The van der Waals surface area contributed by atoms with E-state index < -0.39 is 24.3 Å². The van der Waals surface area contributed by atoms with E-state index in [0.717, 1.165) is 0 Å². The number of nitrogens with two attached hydrogens (primary N) is 2. The third-order valence-corrected chi connectivity index (χ3v) is 5.74. The summed E-state index contributed by atoms with van der Waals surface area (Å²) in [5.74, 6) is -1.77. The van der Waals surface area contributed by atoms with Crippen LogP contribution in [0.1, 0.15) is 28.6 Å².